The van der Waals surface area contributed by atoms with Gasteiger partial charge in [0.2, 0.25) is 0 Å². The Labute approximate surface area is 148 Å². The van der Waals surface area contributed by atoms with E-state index in [1.807, 2.05) is 0 Å². The molecule has 0 aromatic rings. The lowest BCUT2D eigenvalue weighted by Crippen LogP contribution is -2.08. The highest BCUT2D eigenvalue weighted by atomic mass is 16.5. The molecule has 1 N–H and O–H groups in total. The molecule has 1 aliphatic heterocycles. The minimum absolute atomic E-state index is 0.267. The summed E-state index contributed by atoms with van der Waals surface area (Å²) in [6.07, 6.45) is 17.2. The van der Waals surface area contributed by atoms with Gasteiger partial charge in [0.1, 0.15) is 6.61 Å². The van der Waals surface area contributed by atoms with Crippen LogP contribution in [0.2, 0.25) is 0 Å². The number of cyclic esters (lactones) is 1. The molecule has 3 heteroatoms. The fourth-order valence-electron chi connectivity index (χ4n) is 3.25. The standard InChI is InChI=1S/C21H38O3/c1-3-18(2)13-11-9-7-5-4-6-8-10-12-14-20(22)15-19-16-21(23)24-17-19/h16,18,20,22H,3-15,17H2,1-2H3/t18?,20-/m1/s1. The highest BCUT2D eigenvalue weighted by Crippen LogP contribution is 2.18. The van der Waals surface area contributed by atoms with Gasteiger partial charge in [-0.3, -0.25) is 0 Å². The highest BCUT2D eigenvalue weighted by molar-refractivity contribution is 5.85. The van der Waals surface area contributed by atoms with Crippen LogP contribution in [0.25, 0.3) is 0 Å². The molecule has 0 bridgehead atoms. The molecule has 0 amide bonds. The average molecular weight is 339 g/mol. The van der Waals surface area contributed by atoms with Crippen molar-refractivity contribution >= 4 is 5.97 Å². The van der Waals surface area contributed by atoms with Crippen molar-refractivity contribution in [2.24, 2.45) is 5.92 Å². The zero-order valence-electron chi connectivity index (χ0n) is 15.9. The monoisotopic (exact) mass is 338 g/mol. The summed E-state index contributed by atoms with van der Waals surface area (Å²) in [7, 11) is 0. The summed E-state index contributed by atoms with van der Waals surface area (Å²) in [6.45, 7) is 5.01. The Hall–Kier alpha value is -0.830. The molecule has 0 spiro atoms. The number of esters is 1. The minimum atomic E-state index is -0.323. The van der Waals surface area contributed by atoms with Crippen LogP contribution >= 0.6 is 0 Å². The number of carbonyl (C=O) groups excluding carboxylic acids is 1. The minimum Gasteiger partial charge on any atom is -0.458 e. The van der Waals surface area contributed by atoms with E-state index >= 15 is 0 Å². The van der Waals surface area contributed by atoms with E-state index in [9.17, 15) is 9.90 Å². The number of aliphatic hydroxyl groups is 1. The Morgan fingerprint density at radius 1 is 1.00 bits per heavy atom. The van der Waals surface area contributed by atoms with Crippen LogP contribution in [0, 0.1) is 5.92 Å². The van der Waals surface area contributed by atoms with Crippen LogP contribution in [0.3, 0.4) is 0 Å². The van der Waals surface area contributed by atoms with Crippen molar-refractivity contribution in [2.45, 2.75) is 103 Å². The molecule has 0 saturated heterocycles. The second kappa shape index (κ2) is 13.5. The number of unbranched alkanes of at least 4 members (excludes halogenated alkanes) is 8. The Morgan fingerprint density at radius 3 is 2.04 bits per heavy atom. The molecule has 3 nitrogen and oxygen atoms in total. The fraction of sp³-hybridized carbons (Fsp3) is 0.857. The van der Waals surface area contributed by atoms with Gasteiger partial charge in [0.25, 0.3) is 0 Å². The summed E-state index contributed by atoms with van der Waals surface area (Å²) in [5.41, 5.74) is 0.931. The second-order valence-corrected chi connectivity index (χ2v) is 7.54. The van der Waals surface area contributed by atoms with Crippen molar-refractivity contribution < 1.29 is 14.6 Å². The lowest BCUT2D eigenvalue weighted by atomic mass is 9.99. The topological polar surface area (TPSA) is 46.5 Å². The van der Waals surface area contributed by atoms with E-state index in [-0.39, 0.29) is 12.1 Å². The fourth-order valence-corrected chi connectivity index (χ4v) is 3.25. The number of rotatable bonds is 15. The first-order chi connectivity index (χ1) is 11.6. The van der Waals surface area contributed by atoms with E-state index in [4.69, 9.17) is 4.74 Å². The van der Waals surface area contributed by atoms with Crippen LogP contribution < -0.4 is 0 Å². The van der Waals surface area contributed by atoms with Gasteiger partial charge in [-0.25, -0.2) is 4.79 Å². The lowest BCUT2D eigenvalue weighted by molar-refractivity contribution is -0.134. The molecule has 0 aromatic carbocycles. The second-order valence-electron chi connectivity index (χ2n) is 7.54. The van der Waals surface area contributed by atoms with Gasteiger partial charge in [-0.15, -0.1) is 0 Å². The first kappa shape index (κ1) is 21.2. The number of aliphatic hydroxyl groups excluding tert-OH is 1. The largest absolute Gasteiger partial charge is 0.458 e. The first-order valence-corrected chi connectivity index (χ1v) is 10.2. The first-order valence-electron chi connectivity index (χ1n) is 10.2. The third-order valence-electron chi connectivity index (χ3n) is 5.15. The molecule has 140 valence electrons. The highest BCUT2D eigenvalue weighted by Gasteiger charge is 2.15. The van der Waals surface area contributed by atoms with Crippen LogP contribution in [0.1, 0.15) is 97.3 Å². The van der Waals surface area contributed by atoms with Gasteiger partial charge in [-0.2, -0.15) is 0 Å². The molecule has 0 saturated carbocycles. The van der Waals surface area contributed by atoms with Crippen molar-refractivity contribution in [3.63, 3.8) is 0 Å². The van der Waals surface area contributed by atoms with E-state index < -0.39 is 0 Å². The predicted molar refractivity (Wildman–Crippen MR) is 99.9 cm³/mol. The summed E-state index contributed by atoms with van der Waals surface area (Å²) >= 11 is 0. The van der Waals surface area contributed by atoms with Crippen LogP contribution in [0.15, 0.2) is 11.6 Å². The van der Waals surface area contributed by atoms with Crippen molar-refractivity contribution in [2.75, 3.05) is 6.61 Å². The van der Waals surface area contributed by atoms with Gasteiger partial charge < -0.3 is 9.84 Å². The molecule has 1 aliphatic rings. The van der Waals surface area contributed by atoms with E-state index in [1.165, 1.54) is 70.3 Å². The summed E-state index contributed by atoms with van der Waals surface area (Å²) in [4.78, 5) is 10.9. The Bertz CT molecular complexity index is 362. The number of ether oxygens (including phenoxy) is 1. The zero-order chi connectivity index (χ0) is 17.6. The molecule has 0 aliphatic carbocycles. The molecule has 0 radical (unpaired) electrons. The molecule has 1 rings (SSSR count). The zero-order valence-corrected chi connectivity index (χ0v) is 15.9. The SMILES string of the molecule is CCC(C)CCCCCCCCCCC[C@@H](O)CC1=CC(=O)OC1. The van der Waals surface area contributed by atoms with Gasteiger partial charge in [-0.05, 0) is 24.3 Å². The number of hydrogen-bond acceptors (Lipinski definition) is 3. The molecule has 2 atom stereocenters. The third kappa shape index (κ3) is 10.9. The normalized spacial score (nSPS) is 16.8. The number of hydrogen-bond donors (Lipinski definition) is 1. The molecule has 0 aromatic heterocycles. The van der Waals surface area contributed by atoms with Crippen molar-refractivity contribution in [1.29, 1.82) is 0 Å². The Morgan fingerprint density at radius 2 is 1.54 bits per heavy atom. The summed E-state index contributed by atoms with van der Waals surface area (Å²) in [5.74, 6) is 0.635. The van der Waals surface area contributed by atoms with Crippen LogP contribution in [-0.4, -0.2) is 23.8 Å². The van der Waals surface area contributed by atoms with Crippen molar-refractivity contribution in [3.8, 4) is 0 Å². The summed E-state index contributed by atoms with van der Waals surface area (Å²) in [6, 6.07) is 0. The van der Waals surface area contributed by atoms with Gasteiger partial charge in [0.15, 0.2) is 0 Å². The molecule has 1 unspecified atom stereocenters. The Balaban J connectivity index is 1.82. The van der Waals surface area contributed by atoms with Gasteiger partial charge >= 0.3 is 5.97 Å². The molecular formula is C21H38O3. The van der Waals surface area contributed by atoms with E-state index in [0.29, 0.717) is 13.0 Å². The van der Waals surface area contributed by atoms with Crippen molar-refractivity contribution in [1.82, 2.24) is 0 Å². The van der Waals surface area contributed by atoms with Crippen LogP contribution in [0.5, 0.6) is 0 Å². The average Bonchev–Trinajstić information content (AvgIpc) is 2.97. The summed E-state index contributed by atoms with van der Waals surface area (Å²) in [5, 5.41) is 9.97. The van der Waals surface area contributed by atoms with E-state index in [1.54, 1.807) is 0 Å². The molecule has 1 heterocycles. The molecular weight excluding hydrogens is 300 g/mol. The van der Waals surface area contributed by atoms with Crippen LogP contribution in [0.4, 0.5) is 0 Å². The Kier molecular flexibility index (Phi) is 11.9. The van der Waals surface area contributed by atoms with E-state index in [2.05, 4.69) is 13.8 Å². The van der Waals surface area contributed by atoms with Crippen LogP contribution in [-0.2, 0) is 9.53 Å². The maximum absolute atomic E-state index is 10.9. The van der Waals surface area contributed by atoms with Gasteiger partial charge in [0, 0.05) is 6.08 Å². The molecule has 24 heavy (non-hydrogen) atoms. The number of carbonyl (C=O) groups is 1. The van der Waals surface area contributed by atoms with E-state index in [0.717, 1.165) is 24.3 Å². The maximum atomic E-state index is 10.9. The smallest absolute Gasteiger partial charge is 0.331 e. The lowest BCUT2D eigenvalue weighted by Gasteiger charge is -2.10. The van der Waals surface area contributed by atoms with Gasteiger partial charge in [0.05, 0.1) is 6.10 Å². The van der Waals surface area contributed by atoms with Gasteiger partial charge in [-0.1, -0.05) is 84.5 Å². The van der Waals surface area contributed by atoms with Crippen molar-refractivity contribution in [3.05, 3.63) is 11.6 Å². The molecule has 0 fully saturated rings. The maximum Gasteiger partial charge on any atom is 0.331 e. The quantitative estimate of drug-likeness (QED) is 0.314. The predicted octanol–water partition coefficient (Wildman–Crippen LogP) is 5.56. The summed E-state index contributed by atoms with van der Waals surface area (Å²) < 4.78 is 4.85. The third-order valence-corrected chi connectivity index (χ3v) is 5.15.